The Hall–Kier alpha value is -2.21. The van der Waals surface area contributed by atoms with Crippen molar-refractivity contribution in [2.24, 2.45) is 0 Å². The maximum Gasteiger partial charge on any atom is 0.218 e. The highest BCUT2D eigenvalue weighted by Crippen LogP contribution is 2.27. The van der Waals surface area contributed by atoms with Crippen LogP contribution in [-0.4, -0.2) is 14.3 Å². The fourth-order valence-electron chi connectivity index (χ4n) is 2.03. The number of sulfone groups is 1. The van der Waals surface area contributed by atoms with Gasteiger partial charge in [0, 0.05) is 6.92 Å². The summed E-state index contributed by atoms with van der Waals surface area (Å²) in [7, 11) is -3.83. The molecule has 0 aromatic heterocycles. The van der Waals surface area contributed by atoms with Gasteiger partial charge >= 0.3 is 0 Å². The van der Waals surface area contributed by atoms with Crippen molar-refractivity contribution < 1.29 is 17.6 Å². The van der Waals surface area contributed by atoms with Gasteiger partial charge in [0.05, 0.1) is 4.90 Å². The van der Waals surface area contributed by atoms with Crippen LogP contribution in [0.25, 0.3) is 0 Å². The molecule has 0 unspecified atom stereocenters. The molecule has 0 heterocycles. The summed E-state index contributed by atoms with van der Waals surface area (Å²) in [5.41, 5.74) is 1.23. The van der Waals surface area contributed by atoms with Crippen molar-refractivity contribution in [3.05, 3.63) is 65.5 Å². The second-order valence-electron chi connectivity index (χ2n) is 4.99. The van der Waals surface area contributed by atoms with E-state index in [1.807, 2.05) is 6.92 Å². The average molecular weight is 321 g/mol. The molecule has 2 rings (SSSR count). The molecule has 0 radical (unpaired) electrons. The fraction of sp³-hybridized carbons (Fsp3) is 0.188. The van der Waals surface area contributed by atoms with Crippen molar-refractivity contribution >= 4 is 15.7 Å². The lowest BCUT2D eigenvalue weighted by atomic mass is 10.2. The van der Waals surface area contributed by atoms with E-state index >= 15 is 0 Å². The van der Waals surface area contributed by atoms with Crippen LogP contribution in [0.5, 0.6) is 0 Å². The second-order valence-corrected chi connectivity index (χ2v) is 7.02. The van der Waals surface area contributed by atoms with Crippen LogP contribution in [0.4, 0.5) is 4.39 Å². The number of rotatable bonds is 4. The zero-order chi connectivity index (χ0) is 16.3. The van der Waals surface area contributed by atoms with E-state index in [1.165, 1.54) is 31.2 Å². The van der Waals surface area contributed by atoms with Gasteiger partial charge in [-0.3, -0.25) is 4.79 Å². The first-order chi connectivity index (χ1) is 10.3. The minimum absolute atomic E-state index is 0.0983. The Labute approximate surface area is 128 Å². The topological polar surface area (TPSA) is 63.2 Å². The predicted octanol–water partition coefficient (Wildman–Crippen LogP) is 2.74. The molecule has 1 N–H and O–H groups in total. The summed E-state index contributed by atoms with van der Waals surface area (Å²) in [5, 5.41) is 1.16. The molecule has 2 aromatic rings. The van der Waals surface area contributed by atoms with Gasteiger partial charge in [0.15, 0.2) is 5.37 Å². The standard InChI is InChI=1S/C16H16FNO3S/c1-11-3-9-15(10-4-11)22(20,21)16(18-12(2)19)13-5-7-14(17)8-6-13/h3-10,16H,1-2H3,(H,18,19)/t16-/m0/s1. The molecule has 0 bridgehead atoms. The normalized spacial score (nSPS) is 12.7. The number of hydrogen-bond donors (Lipinski definition) is 1. The highest BCUT2D eigenvalue weighted by atomic mass is 32.2. The molecule has 6 heteroatoms. The fourth-order valence-corrected chi connectivity index (χ4v) is 3.65. The third-order valence-electron chi connectivity index (χ3n) is 3.17. The van der Waals surface area contributed by atoms with Crippen molar-refractivity contribution in [3.63, 3.8) is 0 Å². The Morgan fingerprint density at radius 3 is 2.09 bits per heavy atom. The van der Waals surface area contributed by atoms with Gasteiger partial charge in [-0.1, -0.05) is 29.8 Å². The number of carbonyl (C=O) groups is 1. The Morgan fingerprint density at radius 2 is 1.59 bits per heavy atom. The summed E-state index contributed by atoms with van der Waals surface area (Å²) in [6.07, 6.45) is 0. The van der Waals surface area contributed by atoms with Gasteiger partial charge in [0.25, 0.3) is 0 Å². The third kappa shape index (κ3) is 3.51. The molecular formula is C16H16FNO3S. The van der Waals surface area contributed by atoms with E-state index in [0.29, 0.717) is 5.56 Å². The Morgan fingerprint density at radius 1 is 1.05 bits per heavy atom. The number of carbonyl (C=O) groups excluding carboxylic acids is 1. The number of amides is 1. The van der Waals surface area contributed by atoms with Crippen molar-refractivity contribution in [1.82, 2.24) is 5.32 Å². The molecule has 116 valence electrons. The zero-order valence-corrected chi connectivity index (χ0v) is 13.0. The van der Waals surface area contributed by atoms with Crippen molar-refractivity contribution in [2.45, 2.75) is 24.1 Å². The summed E-state index contributed by atoms with van der Waals surface area (Å²) in [4.78, 5) is 11.5. The van der Waals surface area contributed by atoms with Gasteiger partial charge in [0.2, 0.25) is 15.7 Å². The Bertz CT molecular complexity index is 768. The Balaban J connectivity index is 2.50. The molecular weight excluding hydrogens is 305 g/mol. The molecule has 0 aliphatic carbocycles. The van der Waals surface area contributed by atoms with Crippen LogP contribution >= 0.6 is 0 Å². The van der Waals surface area contributed by atoms with Gasteiger partial charge in [-0.25, -0.2) is 12.8 Å². The smallest absolute Gasteiger partial charge is 0.218 e. The number of benzene rings is 2. The minimum Gasteiger partial charge on any atom is -0.336 e. The van der Waals surface area contributed by atoms with Crippen LogP contribution < -0.4 is 5.32 Å². The largest absolute Gasteiger partial charge is 0.336 e. The molecule has 0 spiro atoms. The molecule has 1 atom stereocenters. The lowest BCUT2D eigenvalue weighted by Gasteiger charge is -2.19. The molecule has 0 saturated carbocycles. The van der Waals surface area contributed by atoms with E-state index < -0.39 is 26.9 Å². The summed E-state index contributed by atoms with van der Waals surface area (Å²) < 4.78 is 38.6. The van der Waals surface area contributed by atoms with Gasteiger partial charge < -0.3 is 5.32 Å². The molecule has 2 aromatic carbocycles. The van der Waals surface area contributed by atoms with E-state index in [2.05, 4.69) is 5.32 Å². The van der Waals surface area contributed by atoms with Crippen LogP contribution in [0, 0.1) is 12.7 Å². The van der Waals surface area contributed by atoms with Crippen molar-refractivity contribution in [3.8, 4) is 0 Å². The predicted molar refractivity (Wildman–Crippen MR) is 81.3 cm³/mol. The van der Waals surface area contributed by atoms with E-state index in [4.69, 9.17) is 0 Å². The number of halogens is 1. The highest BCUT2D eigenvalue weighted by Gasteiger charge is 2.29. The monoisotopic (exact) mass is 321 g/mol. The first-order valence-corrected chi connectivity index (χ1v) is 8.18. The molecule has 22 heavy (non-hydrogen) atoms. The van der Waals surface area contributed by atoms with Crippen molar-refractivity contribution in [2.75, 3.05) is 0 Å². The van der Waals surface area contributed by atoms with Gasteiger partial charge in [-0.15, -0.1) is 0 Å². The molecule has 0 fully saturated rings. The maximum absolute atomic E-state index is 13.0. The van der Waals surface area contributed by atoms with E-state index in [1.54, 1.807) is 12.1 Å². The highest BCUT2D eigenvalue weighted by molar-refractivity contribution is 7.91. The SMILES string of the molecule is CC(=O)N[C@H](c1ccc(F)cc1)S(=O)(=O)c1ccc(C)cc1. The Kier molecular flexibility index (Phi) is 4.61. The van der Waals surface area contributed by atoms with Gasteiger partial charge in [-0.05, 0) is 36.8 Å². The number of aryl methyl sites for hydroxylation is 1. The van der Waals surface area contributed by atoms with E-state index in [0.717, 1.165) is 17.7 Å². The van der Waals surface area contributed by atoms with Crippen LogP contribution in [-0.2, 0) is 14.6 Å². The van der Waals surface area contributed by atoms with Crippen molar-refractivity contribution in [1.29, 1.82) is 0 Å². The van der Waals surface area contributed by atoms with E-state index in [-0.39, 0.29) is 4.90 Å². The summed E-state index contributed by atoms with van der Waals surface area (Å²) in [5.74, 6) is -0.955. The zero-order valence-electron chi connectivity index (χ0n) is 12.2. The number of hydrogen-bond acceptors (Lipinski definition) is 3. The van der Waals surface area contributed by atoms with Gasteiger partial charge in [0.1, 0.15) is 5.82 Å². The number of nitrogens with one attached hydrogen (secondary N) is 1. The summed E-state index contributed by atoms with van der Waals surface area (Å²) in [6.45, 7) is 3.09. The van der Waals surface area contributed by atoms with Crippen LogP contribution in [0.1, 0.15) is 23.4 Å². The van der Waals surface area contributed by atoms with Crippen LogP contribution in [0.2, 0.25) is 0 Å². The molecule has 4 nitrogen and oxygen atoms in total. The van der Waals surface area contributed by atoms with Gasteiger partial charge in [-0.2, -0.15) is 0 Å². The molecule has 0 aliphatic rings. The van der Waals surface area contributed by atoms with Crippen LogP contribution in [0.15, 0.2) is 53.4 Å². The summed E-state index contributed by atoms with van der Waals surface area (Å²) in [6, 6.07) is 11.4. The molecule has 0 saturated heterocycles. The average Bonchev–Trinajstić information content (AvgIpc) is 2.46. The quantitative estimate of drug-likeness (QED) is 0.942. The third-order valence-corrected chi connectivity index (χ3v) is 5.11. The van der Waals surface area contributed by atoms with Crippen LogP contribution in [0.3, 0.4) is 0 Å². The lowest BCUT2D eigenvalue weighted by Crippen LogP contribution is -2.32. The maximum atomic E-state index is 13.0. The lowest BCUT2D eigenvalue weighted by molar-refractivity contribution is -0.119. The minimum atomic E-state index is -3.83. The first kappa shape index (κ1) is 16.2. The summed E-state index contributed by atoms with van der Waals surface area (Å²) >= 11 is 0. The molecule has 1 amide bonds. The first-order valence-electron chi connectivity index (χ1n) is 6.64. The van der Waals surface area contributed by atoms with E-state index in [9.17, 15) is 17.6 Å². The second kappa shape index (κ2) is 6.27. The molecule has 0 aliphatic heterocycles.